The molecule has 8 heteroatoms. The van der Waals surface area contributed by atoms with Gasteiger partial charge in [0, 0.05) is 62.0 Å². The van der Waals surface area contributed by atoms with E-state index in [1.54, 1.807) is 6.20 Å². The lowest BCUT2D eigenvalue weighted by Crippen LogP contribution is -2.29. The Morgan fingerprint density at radius 3 is 2.48 bits per heavy atom. The predicted molar refractivity (Wildman–Crippen MR) is 171 cm³/mol. The highest BCUT2D eigenvalue weighted by Crippen LogP contribution is 2.44. The summed E-state index contributed by atoms with van der Waals surface area (Å²) in [6.07, 6.45) is 4.07. The molecule has 218 valence electrons. The number of halogens is 1. The fourth-order valence-corrected chi connectivity index (χ4v) is 6.32. The zero-order chi connectivity index (χ0) is 30.1. The lowest BCUT2D eigenvalue weighted by molar-refractivity contribution is -0.150. The highest BCUT2D eigenvalue weighted by atomic mass is 35.5. The van der Waals surface area contributed by atoms with E-state index in [0.717, 1.165) is 49.4 Å². The summed E-state index contributed by atoms with van der Waals surface area (Å²) in [6.45, 7) is 11.5. The van der Waals surface area contributed by atoms with Gasteiger partial charge in [-0.05, 0) is 67.9 Å². The maximum atomic E-state index is 12.8. The maximum Gasteiger partial charge on any atom is 0.311 e. The molecule has 3 aromatic heterocycles. The molecule has 0 aliphatic carbocycles. The van der Waals surface area contributed by atoms with E-state index in [0.29, 0.717) is 24.6 Å². The fraction of sp³-hybridized carbons (Fsp3) is 0.324. The van der Waals surface area contributed by atoms with Crippen molar-refractivity contribution in [3.05, 3.63) is 95.0 Å². The van der Waals surface area contributed by atoms with Gasteiger partial charge in [-0.1, -0.05) is 44.5 Å². The first-order chi connectivity index (χ1) is 19.9. The van der Waals surface area contributed by atoms with Crippen LogP contribution in [-0.2, 0) is 29.1 Å². The van der Waals surface area contributed by atoms with Gasteiger partial charge in [-0.25, -0.2) is 4.98 Å². The Bertz CT molecular complexity index is 1740. The molecule has 0 saturated carbocycles. The molecule has 0 N–H and O–H groups in total. The number of benzene rings is 2. The van der Waals surface area contributed by atoms with E-state index < -0.39 is 5.41 Å². The zero-order valence-corrected chi connectivity index (χ0v) is 26.5. The van der Waals surface area contributed by atoms with Crippen LogP contribution in [0.25, 0.3) is 21.8 Å². The summed E-state index contributed by atoms with van der Waals surface area (Å²) in [5.74, 6) is 0.525. The van der Waals surface area contributed by atoms with Crippen LogP contribution in [0.5, 0.6) is 5.75 Å². The quantitative estimate of drug-likeness (QED) is 0.125. The Morgan fingerprint density at radius 1 is 1.00 bits per heavy atom. The van der Waals surface area contributed by atoms with Crippen LogP contribution < -0.4 is 4.74 Å². The molecule has 0 saturated heterocycles. The summed E-state index contributed by atoms with van der Waals surface area (Å²) in [6, 6.07) is 20.0. The molecule has 0 unspecified atom stereocenters. The van der Waals surface area contributed by atoms with Crippen LogP contribution in [0.2, 0.25) is 5.02 Å². The molecule has 0 radical (unpaired) electrons. The summed E-state index contributed by atoms with van der Waals surface area (Å²) in [7, 11) is 1.45. The van der Waals surface area contributed by atoms with Crippen molar-refractivity contribution >= 4 is 51.1 Å². The number of rotatable bonds is 9. The third kappa shape index (κ3) is 6.74. The molecule has 5 rings (SSSR count). The number of carbonyl (C=O) groups is 1. The van der Waals surface area contributed by atoms with Gasteiger partial charge in [0.25, 0.3) is 0 Å². The van der Waals surface area contributed by atoms with Gasteiger partial charge in [-0.2, -0.15) is 0 Å². The summed E-state index contributed by atoms with van der Waals surface area (Å²) in [5, 5.41) is 2.79. The number of thioether (sulfide) groups is 1. The molecule has 3 heterocycles. The van der Waals surface area contributed by atoms with Gasteiger partial charge in [0.1, 0.15) is 12.4 Å². The Kier molecular flexibility index (Phi) is 8.53. The second-order valence-electron chi connectivity index (χ2n) is 12.1. The lowest BCUT2D eigenvalue weighted by atomic mass is 9.87. The number of hydrogen-bond acceptors (Lipinski definition) is 6. The van der Waals surface area contributed by atoms with Crippen LogP contribution in [0.3, 0.4) is 0 Å². The fourth-order valence-electron chi connectivity index (χ4n) is 5.01. The Labute approximate surface area is 256 Å². The van der Waals surface area contributed by atoms with E-state index in [1.807, 2.05) is 80.3 Å². The standard InChI is InChI=1S/C34H36ClN3O3S/c1-33(2,3)42-31-27-17-26(41-21-25-12-9-23-19-36-16-15-28(23)37-25)13-14-29(27)38(20-22-7-10-24(35)11-8-22)30(31)18-34(4,5)32(39)40-6/h7-17,19H,18,20-21H2,1-6H3. The molecule has 0 amide bonds. The van der Waals surface area contributed by atoms with Gasteiger partial charge < -0.3 is 14.0 Å². The monoisotopic (exact) mass is 601 g/mol. The van der Waals surface area contributed by atoms with E-state index in [1.165, 1.54) is 7.11 Å². The van der Waals surface area contributed by atoms with Gasteiger partial charge in [-0.15, -0.1) is 11.8 Å². The molecule has 0 atom stereocenters. The summed E-state index contributed by atoms with van der Waals surface area (Å²) in [4.78, 5) is 22.9. The van der Waals surface area contributed by atoms with Gasteiger partial charge >= 0.3 is 5.97 Å². The van der Waals surface area contributed by atoms with Crippen LogP contribution in [0, 0.1) is 5.41 Å². The number of ether oxygens (including phenoxy) is 2. The zero-order valence-electron chi connectivity index (χ0n) is 24.9. The number of aromatic nitrogens is 3. The minimum absolute atomic E-state index is 0.0652. The van der Waals surface area contributed by atoms with E-state index >= 15 is 0 Å². The first kappa shape index (κ1) is 29.9. The van der Waals surface area contributed by atoms with Crippen molar-refractivity contribution in [2.24, 2.45) is 5.41 Å². The predicted octanol–water partition coefficient (Wildman–Crippen LogP) is 8.50. The summed E-state index contributed by atoms with van der Waals surface area (Å²) >= 11 is 8.00. The Morgan fingerprint density at radius 2 is 1.76 bits per heavy atom. The van der Waals surface area contributed by atoms with Gasteiger partial charge in [0.05, 0.1) is 23.7 Å². The summed E-state index contributed by atoms with van der Waals surface area (Å²) < 4.78 is 13.7. The average molecular weight is 602 g/mol. The average Bonchev–Trinajstić information content (AvgIpc) is 3.21. The lowest BCUT2D eigenvalue weighted by Gasteiger charge is -2.25. The molecule has 2 aromatic carbocycles. The van der Waals surface area contributed by atoms with Crippen LogP contribution in [0.1, 0.15) is 51.6 Å². The number of pyridine rings is 2. The number of methoxy groups -OCH3 is 1. The highest BCUT2D eigenvalue weighted by Gasteiger charge is 2.33. The molecule has 6 nitrogen and oxygen atoms in total. The van der Waals surface area contributed by atoms with Crippen molar-refractivity contribution in [1.29, 1.82) is 0 Å². The van der Waals surface area contributed by atoms with E-state index in [-0.39, 0.29) is 10.7 Å². The largest absolute Gasteiger partial charge is 0.487 e. The molecule has 5 aromatic rings. The minimum Gasteiger partial charge on any atom is -0.487 e. The molecule has 0 aliphatic heterocycles. The molecule has 0 spiro atoms. The third-order valence-corrected chi connectivity index (χ3v) is 8.56. The maximum absolute atomic E-state index is 12.8. The summed E-state index contributed by atoms with van der Waals surface area (Å²) in [5.41, 5.74) is 4.32. The number of nitrogens with zero attached hydrogens (tertiary/aromatic N) is 3. The van der Waals surface area contributed by atoms with Crippen LogP contribution in [0.15, 0.2) is 78.0 Å². The second kappa shape index (κ2) is 12.0. The van der Waals surface area contributed by atoms with Gasteiger partial charge in [-0.3, -0.25) is 9.78 Å². The van der Waals surface area contributed by atoms with Crippen molar-refractivity contribution in [3.63, 3.8) is 0 Å². The van der Waals surface area contributed by atoms with Crippen LogP contribution >= 0.6 is 23.4 Å². The molecular weight excluding hydrogens is 566 g/mol. The van der Waals surface area contributed by atoms with Crippen LogP contribution in [-0.4, -0.2) is 32.4 Å². The van der Waals surface area contributed by atoms with Crippen molar-refractivity contribution in [3.8, 4) is 5.75 Å². The molecular formula is C34H36ClN3O3S. The first-order valence-electron chi connectivity index (χ1n) is 13.9. The van der Waals surface area contributed by atoms with Crippen molar-refractivity contribution < 1.29 is 14.3 Å². The molecule has 0 bridgehead atoms. The van der Waals surface area contributed by atoms with Crippen molar-refractivity contribution in [2.75, 3.05) is 7.11 Å². The van der Waals surface area contributed by atoms with E-state index in [9.17, 15) is 4.79 Å². The van der Waals surface area contributed by atoms with Gasteiger partial charge in [0.2, 0.25) is 0 Å². The van der Waals surface area contributed by atoms with Crippen molar-refractivity contribution in [1.82, 2.24) is 14.5 Å². The number of carbonyl (C=O) groups excluding carboxylic acids is 1. The normalized spacial score (nSPS) is 12.2. The van der Waals surface area contributed by atoms with E-state index in [2.05, 4.69) is 42.5 Å². The van der Waals surface area contributed by atoms with Crippen LogP contribution in [0.4, 0.5) is 0 Å². The SMILES string of the molecule is COC(=O)C(C)(C)Cc1c(SC(C)(C)C)c2cc(OCc3ccc4cnccc4n3)ccc2n1Cc1ccc(Cl)cc1. The smallest absolute Gasteiger partial charge is 0.311 e. The highest BCUT2D eigenvalue weighted by molar-refractivity contribution is 8.00. The topological polar surface area (TPSA) is 66.2 Å². The van der Waals surface area contributed by atoms with Gasteiger partial charge in [0.15, 0.2) is 0 Å². The number of fused-ring (bicyclic) bond motifs is 2. The second-order valence-corrected chi connectivity index (χ2v) is 14.4. The molecule has 42 heavy (non-hydrogen) atoms. The molecule has 0 fully saturated rings. The minimum atomic E-state index is -0.718. The first-order valence-corrected chi connectivity index (χ1v) is 15.1. The Hall–Kier alpha value is -3.55. The molecule has 0 aliphatic rings. The Balaban J connectivity index is 1.59. The number of esters is 1. The number of hydrogen-bond donors (Lipinski definition) is 0. The van der Waals surface area contributed by atoms with Crippen molar-refractivity contribution in [2.45, 2.75) is 63.8 Å². The van der Waals surface area contributed by atoms with E-state index in [4.69, 9.17) is 26.1 Å². The third-order valence-electron chi connectivity index (χ3n) is 7.03.